The lowest BCUT2D eigenvalue weighted by atomic mass is 10.2. The van der Waals surface area contributed by atoms with Crippen molar-refractivity contribution in [2.75, 3.05) is 4.90 Å². The second-order valence-corrected chi connectivity index (χ2v) is 3.51. The molecule has 0 saturated carbocycles. The van der Waals surface area contributed by atoms with Crippen molar-refractivity contribution in [1.82, 2.24) is 0 Å². The van der Waals surface area contributed by atoms with Crippen LogP contribution in [0.4, 0.5) is 25.0 Å². The fourth-order valence-electron chi connectivity index (χ4n) is 1.61. The number of amides is 1. The molecule has 5 heteroatoms. The first-order chi connectivity index (χ1) is 8.61. The van der Waals surface area contributed by atoms with E-state index in [0.29, 0.717) is 4.90 Å². The summed E-state index contributed by atoms with van der Waals surface area (Å²) >= 11 is 0. The van der Waals surface area contributed by atoms with Gasteiger partial charge >= 0.3 is 6.09 Å². The highest BCUT2D eigenvalue weighted by Gasteiger charge is 2.24. The molecule has 2 rings (SSSR count). The molecule has 0 aliphatic heterocycles. The minimum absolute atomic E-state index is 0.113. The maximum Gasteiger partial charge on any atom is 0.462 e. The summed E-state index contributed by atoms with van der Waals surface area (Å²) < 4.78 is 27.1. The standard InChI is InChI=1S/C13H8F2NO2/c14-10-7-4-8-11(15)12(10)16(13(17)18)9-5-2-1-3-6-9/h1-8H. The lowest BCUT2D eigenvalue weighted by molar-refractivity contribution is 0.179. The Hall–Kier alpha value is -2.43. The molecule has 18 heavy (non-hydrogen) atoms. The van der Waals surface area contributed by atoms with Crippen molar-refractivity contribution in [2.45, 2.75) is 0 Å². The normalized spacial score (nSPS) is 10.1. The van der Waals surface area contributed by atoms with Crippen molar-refractivity contribution in [2.24, 2.45) is 0 Å². The molecule has 91 valence electrons. The van der Waals surface area contributed by atoms with Gasteiger partial charge in [-0.25, -0.2) is 23.6 Å². The summed E-state index contributed by atoms with van der Waals surface area (Å²) in [4.78, 5) is 11.5. The molecule has 2 aromatic rings. The van der Waals surface area contributed by atoms with Crippen molar-refractivity contribution in [1.29, 1.82) is 0 Å². The van der Waals surface area contributed by atoms with Crippen LogP contribution in [0.25, 0.3) is 0 Å². The lowest BCUT2D eigenvalue weighted by Gasteiger charge is -2.19. The molecule has 0 bridgehead atoms. The van der Waals surface area contributed by atoms with E-state index in [9.17, 15) is 18.7 Å². The van der Waals surface area contributed by atoms with Gasteiger partial charge in [-0.15, -0.1) is 0 Å². The number of rotatable bonds is 2. The highest BCUT2D eigenvalue weighted by atomic mass is 19.1. The summed E-state index contributed by atoms with van der Waals surface area (Å²) in [6.07, 6.45) is -1.70. The maximum atomic E-state index is 13.6. The monoisotopic (exact) mass is 248 g/mol. The van der Waals surface area contributed by atoms with E-state index < -0.39 is 23.4 Å². The SMILES string of the molecule is [O]C(=O)N(c1ccccc1)c1c(F)cccc1F. The van der Waals surface area contributed by atoms with E-state index >= 15 is 0 Å². The average molecular weight is 248 g/mol. The molecule has 3 nitrogen and oxygen atoms in total. The predicted molar refractivity (Wildman–Crippen MR) is 61.0 cm³/mol. The zero-order chi connectivity index (χ0) is 13.1. The van der Waals surface area contributed by atoms with Crippen molar-refractivity contribution < 1.29 is 18.7 Å². The summed E-state index contributed by atoms with van der Waals surface area (Å²) in [6.45, 7) is 0. The molecule has 0 aromatic heterocycles. The van der Waals surface area contributed by atoms with Gasteiger partial charge in [0.15, 0.2) is 0 Å². The van der Waals surface area contributed by atoms with Crippen LogP contribution in [0, 0.1) is 11.6 Å². The largest absolute Gasteiger partial charge is 0.462 e. The molecule has 0 aliphatic rings. The van der Waals surface area contributed by atoms with Crippen LogP contribution in [0.3, 0.4) is 0 Å². The summed E-state index contributed by atoms with van der Waals surface area (Å²) in [6, 6.07) is 10.7. The van der Waals surface area contributed by atoms with Gasteiger partial charge < -0.3 is 0 Å². The maximum absolute atomic E-state index is 13.6. The van der Waals surface area contributed by atoms with Crippen LogP contribution < -0.4 is 4.90 Å². The van der Waals surface area contributed by atoms with Crippen molar-refractivity contribution in [3.8, 4) is 0 Å². The van der Waals surface area contributed by atoms with E-state index in [4.69, 9.17) is 0 Å². The Kier molecular flexibility index (Phi) is 3.23. The third-order valence-corrected chi connectivity index (χ3v) is 2.36. The second kappa shape index (κ2) is 4.83. The number of nitrogens with zero attached hydrogens (tertiary/aromatic N) is 1. The third-order valence-electron chi connectivity index (χ3n) is 2.36. The van der Waals surface area contributed by atoms with Gasteiger partial charge in [0.05, 0.1) is 5.69 Å². The molecule has 0 fully saturated rings. The molecule has 0 saturated heterocycles. The van der Waals surface area contributed by atoms with Gasteiger partial charge in [0, 0.05) is 0 Å². The van der Waals surface area contributed by atoms with E-state index in [1.54, 1.807) is 18.2 Å². The van der Waals surface area contributed by atoms with Gasteiger partial charge in [0.2, 0.25) is 0 Å². The molecule has 1 radical (unpaired) electrons. The number of para-hydroxylation sites is 2. The Bertz CT molecular complexity index is 552. The molecular weight excluding hydrogens is 240 g/mol. The number of benzene rings is 2. The van der Waals surface area contributed by atoms with Gasteiger partial charge in [-0.1, -0.05) is 24.3 Å². The summed E-state index contributed by atoms with van der Waals surface area (Å²) in [5.74, 6) is -1.94. The molecule has 0 spiro atoms. The first-order valence-corrected chi connectivity index (χ1v) is 5.11. The summed E-state index contributed by atoms with van der Waals surface area (Å²) in [7, 11) is 0. The molecule has 0 aliphatic carbocycles. The van der Waals surface area contributed by atoms with Crippen LogP contribution >= 0.6 is 0 Å². The first kappa shape index (κ1) is 12.0. The second-order valence-electron chi connectivity index (χ2n) is 3.51. The Morgan fingerprint density at radius 3 is 1.94 bits per heavy atom. The highest BCUT2D eigenvalue weighted by Crippen LogP contribution is 2.30. The van der Waals surface area contributed by atoms with Crippen LogP contribution in [0.15, 0.2) is 48.5 Å². The van der Waals surface area contributed by atoms with Crippen molar-refractivity contribution in [3.05, 3.63) is 60.2 Å². The fraction of sp³-hybridized carbons (Fsp3) is 0. The minimum atomic E-state index is -1.70. The Balaban J connectivity index is 2.60. The van der Waals surface area contributed by atoms with Crippen LogP contribution in [0.5, 0.6) is 0 Å². The quantitative estimate of drug-likeness (QED) is 0.799. The van der Waals surface area contributed by atoms with E-state index in [-0.39, 0.29) is 5.69 Å². The van der Waals surface area contributed by atoms with E-state index in [2.05, 4.69) is 0 Å². The Labute approximate surface area is 102 Å². The van der Waals surface area contributed by atoms with Gasteiger partial charge in [0.1, 0.15) is 17.3 Å². The van der Waals surface area contributed by atoms with Crippen LogP contribution in [0.2, 0.25) is 0 Å². The van der Waals surface area contributed by atoms with Gasteiger partial charge in [0.25, 0.3) is 0 Å². The predicted octanol–water partition coefficient (Wildman–Crippen LogP) is 3.65. The van der Waals surface area contributed by atoms with E-state index in [0.717, 1.165) is 18.2 Å². The lowest BCUT2D eigenvalue weighted by Crippen LogP contribution is -2.24. The number of hydrogen-bond donors (Lipinski definition) is 0. The topological polar surface area (TPSA) is 40.2 Å². The van der Waals surface area contributed by atoms with Crippen molar-refractivity contribution in [3.63, 3.8) is 0 Å². The number of carbonyl (C=O) groups is 1. The van der Waals surface area contributed by atoms with E-state index in [1.165, 1.54) is 12.1 Å². The van der Waals surface area contributed by atoms with Crippen molar-refractivity contribution >= 4 is 17.5 Å². The first-order valence-electron chi connectivity index (χ1n) is 5.11. The smallest absolute Gasteiger partial charge is 0.237 e. The highest BCUT2D eigenvalue weighted by molar-refractivity contribution is 5.94. The Morgan fingerprint density at radius 1 is 0.889 bits per heavy atom. The van der Waals surface area contributed by atoms with Gasteiger partial charge in [-0.3, -0.25) is 0 Å². The molecule has 0 atom stereocenters. The molecule has 2 aromatic carbocycles. The minimum Gasteiger partial charge on any atom is -0.237 e. The third kappa shape index (κ3) is 2.15. The van der Waals surface area contributed by atoms with Crippen LogP contribution in [-0.2, 0) is 5.11 Å². The molecular formula is C13H8F2NO2. The zero-order valence-corrected chi connectivity index (χ0v) is 9.14. The summed E-state index contributed by atoms with van der Waals surface area (Å²) in [5.41, 5.74) is -0.551. The number of carbonyl (C=O) groups excluding carboxylic acids is 1. The zero-order valence-electron chi connectivity index (χ0n) is 9.14. The number of halogens is 2. The number of hydrogen-bond acceptors (Lipinski definition) is 1. The molecule has 0 unspecified atom stereocenters. The number of anilines is 2. The van der Waals surface area contributed by atoms with Gasteiger partial charge in [-0.2, -0.15) is 0 Å². The van der Waals surface area contributed by atoms with Crippen LogP contribution in [-0.4, -0.2) is 6.09 Å². The molecule has 1 amide bonds. The van der Waals surface area contributed by atoms with Crippen LogP contribution in [0.1, 0.15) is 0 Å². The fourth-order valence-corrected chi connectivity index (χ4v) is 1.61. The Morgan fingerprint density at radius 2 is 1.44 bits per heavy atom. The molecule has 0 heterocycles. The molecule has 0 N–H and O–H groups in total. The van der Waals surface area contributed by atoms with E-state index in [1.807, 2.05) is 0 Å². The summed E-state index contributed by atoms with van der Waals surface area (Å²) in [5, 5.41) is 11.1. The average Bonchev–Trinajstić information content (AvgIpc) is 2.34. The van der Waals surface area contributed by atoms with Gasteiger partial charge in [-0.05, 0) is 24.3 Å².